The summed E-state index contributed by atoms with van der Waals surface area (Å²) in [6.45, 7) is 12.2. The summed E-state index contributed by atoms with van der Waals surface area (Å²) in [6.07, 6.45) is 0. The van der Waals surface area contributed by atoms with Gasteiger partial charge >= 0.3 is 0 Å². The van der Waals surface area contributed by atoms with Crippen molar-refractivity contribution in [2.75, 3.05) is 11.2 Å². The van der Waals surface area contributed by atoms with Gasteiger partial charge in [-0.3, -0.25) is 4.79 Å². The number of alkyl halides is 1. The van der Waals surface area contributed by atoms with Crippen LogP contribution in [0.3, 0.4) is 0 Å². The van der Waals surface area contributed by atoms with Gasteiger partial charge < -0.3 is 10.4 Å². The average molecular weight is 298 g/mol. The minimum absolute atomic E-state index is 0.0867. The molecule has 2 N–H and O–H groups in total. The normalized spacial score (nSPS) is 12.3. The zero-order valence-electron chi connectivity index (χ0n) is 13.1. The van der Waals surface area contributed by atoms with Gasteiger partial charge in [0.1, 0.15) is 11.6 Å². The lowest BCUT2D eigenvalue weighted by molar-refractivity contribution is -0.113. The zero-order chi connectivity index (χ0) is 15.7. The largest absolute Gasteiger partial charge is 0.507 e. The molecule has 0 unspecified atom stereocenters. The van der Waals surface area contributed by atoms with Crippen molar-refractivity contribution in [3.05, 3.63) is 23.3 Å². The first-order valence-electron chi connectivity index (χ1n) is 6.70. The fourth-order valence-electron chi connectivity index (χ4n) is 2.04. The highest BCUT2D eigenvalue weighted by molar-refractivity contribution is 6.29. The number of amides is 1. The van der Waals surface area contributed by atoms with Crippen molar-refractivity contribution in [1.82, 2.24) is 0 Å². The maximum absolute atomic E-state index is 11.5. The Morgan fingerprint density at radius 3 is 1.80 bits per heavy atom. The van der Waals surface area contributed by atoms with Crippen LogP contribution in [0.2, 0.25) is 0 Å². The van der Waals surface area contributed by atoms with E-state index in [0.29, 0.717) is 11.4 Å². The number of carbonyl (C=O) groups excluding carboxylic acids is 1. The van der Waals surface area contributed by atoms with Crippen molar-refractivity contribution in [3.63, 3.8) is 0 Å². The summed E-state index contributed by atoms with van der Waals surface area (Å²) in [5.74, 6) is -0.0396. The van der Waals surface area contributed by atoms with Gasteiger partial charge in [0.25, 0.3) is 0 Å². The Bertz CT molecular complexity index is 475. The summed E-state index contributed by atoms with van der Waals surface area (Å²) in [6, 6.07) is 3.63. The van der Waals surface area contributed by atoms with E-state index in [0.717, 1.165) is 11.1 Å². The molecule has 1 amide bonds. The van der Waals surface area contributed by atoms with Gasteiger partial charge in [0.05, 0.1) is 0 Å². The standard InChI is InChI=1S/C16H24ClNO2/c1-15(2,3)11-7-10(18-13(19)9-17)8-12(14(11)20)16(4,5)6/h7-8,20H,9H2,1-6H3,(H,18,19). The van der Waals surface area contributed by atoms with Crippen molar-refractivity contribution in [2.24, 2.45) is 0 Å². The third-order valence-corrected chi connectivity index (χ3v) is 3.37. The molecule has 4 heteroatoms. The number of phenols is 1. The maximum Gasteiger partial charge on any atom is 0.239 e. The van der Waals surface area contributed by atoms with Crippen LogP contribution in [0.15, 0.2) is 12.1 Å². The van der Waals surface area contributed by atoms with E-state index in [9.17, 15) is 9.90 Å². The number of hydrogen-bond acceptors (Lipinski definition) is 2. The van der Waals surface area contributed by atoms with Crippen molar-refractivity contribution >= 4 is 23.2 Å². The molecule has 0 aliphatic carbocycles. The second kappa shape index (κ2) is 5.65. The molecule has 0 aromatic heterocycles. The molecule has 0 aliphatic heterocycles. The molecular formula is C16H24ClNO2. The molecule has 0 spiro atoms. The SMILES string of the molecule is CC(C)(C)c1cc(NC(=O)CCl)cc(C(C)(C)C)c1O. The topological polar surface area (TPSA) is 49.3 Å². The first kappa shape index (κ1) is 16.8. The third-order valence-electron chi connectivity index (χ3n) is 3.13. The van der Waals surface area contributed by atoms with E-state index in [-0.39, 0.29) is 22.6 Å². The molecule has 112 valence electrons. The third kappa shape index (κ3) is 3.89. The Kier molecular flexibility index (Phi) is 4.75. The monoisotopic (exact) mass is 297 g/mol. The number of phenolic OH excluding ortho intramolecular Hbond substituents is 1. The second-order valence-corrected chi connectivity index (χ2v) is 7.37. The number of anilines is 1. The highest BCUT2D eigenvalue weighted by Crippen LogP contribution is 2.40. The van der Waals surface area contributed by atoms with Crippen LogP contribution in [0.1, 0.15) is 52.7 Å². The molecule has 0 bridgehead atoms. The Morgan fingerprint density at radius 1 is 1.10 bits per heavy atom. The number of carbonyl (C=O) groups is 1. The average Bonchev–Trinajstić information content (AvgIpc) is 2.28. The van der Waals surface area contributed by atoms with E-state index in [1.54, 1.807) is 0 Å². The van der Waals surface area contributed by atoms with Gasteiger partial charge in [0.15, 0.2) is 0 Å². The number of rotatable bonds is 2. The fraction of sp³-hybridized carbons (Fsp3) is 0.562. The predicted molar refractivity (Wildman–Crippen MR) is 84.9 cm³/mol. The highest BCUT2D eigenvalue weighted by atomic mass is 35.5. The Balaban J connectivity index is 3.46. The molecule has 20 heavy (non-hydrogen) atoms. The van der Waals surface area contributed by atoms with Crippen LogP contribution in [0.25, 0.3) is 0 Å². The minimum Gasteiger partial charge on any atom is -0.507 e. The molecule has 0 saturated carbocycles. The van der Waals surface area contributed by atoms with E-state index < -0.39 is 0 Å². The Labute approximate surface area is 126 Å². The van der Waals surface area contributed by atoms with Gasteiger partial charge in [-0.15, -0.1) is 11.6 Å². The van der Waals surface area contributed by atoms with Gasteiger partial charge in [-0.1, -0.05) is 41.5 Å². The van der Waals surface area contributed by atoms with Crippen molar-refractivity contribution in [2.45, 2.75) is 52.4 Å². The minimum atomic E-state index is -0.253. The van der Waals surface area contributed by atoms with E-state index in [2.05, 4.69) is 5.32 Å². The van der Waals surface area contributed by atoms with Crippen LogP contribution in [0.4, 0.5) is 5.69 Å². The summed E-state index contributed by atoms with van der Waals surface area (Å²) in [4.78, 5) is 11.5. The van der Waals surface area contributed by atoms with Crippen molar-refractivity contribution < 1.29 is 9.90 Å². The summed E-state index contributed by atoms with van der Waals surface area (Å²) >= 11 is 5.53. The van der Waals surface area contributed by atoms with Crippen LogP contribution in [-0.2, 0) is 15.6 Å². The molecule has 1 rings (SSSR count). The number of benzene rings is 1. The van der Waals surface area contributed by atoms with Gasteiger partial charge in [-0.25, -0.2) is 0 Å². The molecule has 0 heterocycles. The van der Waals surface area contributed by atoms with E-state index in [4.69, 9.17) is 11.6 Å². The second-order valence-electron chi connectivity index (χ2n) is 7.10. The van der Waals surface area contributed by atoms with Gasteiger partial charge in [0, 0.05) is 16.8 Å². The van der Waals surface area contributed by atoms with E-state index >= 15 is 0 Å². The predicted octanol–water partition coefficient (Wildman–Crippen LogP) is 4.16. The molecule has 0 fully saturated rings. The molecule has 0 radical (unpaired) electrons. The van der Waals surface area contributed by atoms with Crippen molar-refractivity contribution in [1.29, 1.82) is 0 Å². The zero-order valence-corrected chi connectivity index (χ0v) is 13.9. The number of halogens is 1. The number of aromatic hydroxyl groups is 1. The van der Waals surface area contributed by atoms with Crippen LogP contribution in [0, 0.1) is 0 Å². The van der Waals surface area contributed by atoms with Gasteiger partial charge in [0.2, 0.25) is 5.91 Å². The molecule has 0 saturated heterocycles. The Morgan fingerprint density at radius 2 is 1.50 bits per heavy atom. The summed E-state index contributed by atoms with van der Waals surface area (Å²) in [5, 5.41) is 13.3. The number of hydrogen-bond donors (Lipinski definition) is 2. The quantitative estimate of drug-likeness (QED) is 0.636. The molecular weight excluding hydrogens is 274 g/mol. The fourth-order valence-corrected chi connectivity index (χ4v) is 2.11. The lowest BCUT2D eigenvalue weighted by Crippen LogP contribution is -2.19. The highest BCUT2D eigenvalue weighted by Gasteiger charge is 2.26. The molecule has 1 aromatic carbocycles. The smallest absolute Gasteiger partial charge is 0.239 e. The van der Waals surface area contributed by atoms with Gasteiger partial charge in [-0.2, -0.15) is 0 Å². The Hall–Kier alpha value is -1.22. The molecule has 1 aromatic rings. The van der Waals surface area contributed by atoms with Crippen molar-refractivity contribution in [3.8, 4) is 5.75 Å². The van der Waals surface area contributed by atoms with Crippen LogP contribution < -0.4 is 5.32 Å². The molecule has 0 aliphatic rings. The lowest BCUT2D eigenvalue weighted by atomic mass is 9.79. The van der Waals surface area contributed by atoms with Crippen LogP contribution in [-0.4, -0.2) is 16.9 Å². The van der Waals surface area contributed by atoms with Crippen LogP contribution >= 0.6 is 11.6 Å². The summed E-state index contributed by atoms with van der Waals surface area (Å²) < 4.78 is 0. The summed E-state index contributed by atoms with van der Waals surface area (Å²) in [7, 11) is 0. The first-order chi connectivity index (χ1) is 8.96. The maximum atomic E-state index is 11.5. The van der Waals surface area contributed by atoms with E-state index in [1.807, 2.05) is 53.7 Å². The molecule has 3 nitrogen and oxygen atoms in total. The summed E-state index contributed by atoms with van der Waals surface area (Å²) in [5.41, 5.74) is 1.87. The van der Waals surface area contributed by atoms with Gasteiger partial charge in [-0.05, 0) is 23.0 Å². The first-order valence-corrected chi connectivity index (χ1v) is 7.24. The van der Waals surface area contributed by atoms with E-state index in [1.165, 1.54) is 0 Å². The van der Waals surface area contributed by atoms with Crippen LogP contribution in [0.5, 0.6) is 5.75 Å². The number of nitrogens with one attached hydrogen (secondary N) is 1. The lowest BCUT2D eigenvalue weighted by Gasteiger charge is -2.28. The molecule has 0 atom stereocenters.